The molecule has 0 amide bonds. The zero-order valence-corrected chi connectivity index (χ0v) is 12.0. The van der Waals surface area contributed by atoms with Gasteiger partial charge < -0.3 is 4.84 Å². The Morgan fingerprint density at radius 1 is 1.44 bits per heavy atom. The number of hydrogen-bond acceptors (Lipinski definition) is 3. The van der Waals surface area contributed by atoms with E-state index >= 15 is 0 Å². The van der Waals surface area contributed by atoms with E-state index in [1.807, 2.05) is 0 Å². The average molecular weight is 334 g/mol. The summed E-state index contributed by atoms with van der Waals surface area (Å²) in [6.07, 6.45) is 4.70. The average Bonchev–Trinajstić information content (AvgIpc) is 2.75. The monoisotopic (exact) mass is 334 g/mol. The van der Waals surface area contributed by atoms with Crippen molar-refractivity contribution in [3.05, 3.63) is 0 Å². The number of nitrogens with zero attached hydrogens (tertiary/aromatic N) is 2. The lowest BCUT2D eigenvalue weighted by Gasteiger charge is -2.57. The second-order valence-electron chi connectivity index (χ2n) is 5.46. The van der Waals surface area contributed by atoms with Gasteiger partial charge in [-0.15, -0.1) is 0 Å². The maximum absolute atomic E-state index is 5.95. The van der Waals surface area contributed by atoms with E-state index in [2.05, 4.69) is 39.6 Å². The van der Waals surface area contributed by atoms with Gasteiger partial charge in [-0.05, 0) is 32.4 Å². The fourth-order valence-electron chi connectivity index (χ4n) is 3.48. The Morgan fingerprint density at radius 2 is 2.19 bits per heavy atom. The van der Waals surface area contributed by atoms with Crippen LogP contribution in [-0.4, -0.2) is 40.3 Å². The molecule has 0 aliphatic carbocycles. The van der Waals surface area contributed by atoms with E-state index in [1.54, 1.807) is 0 Å². The molecule has 3 nitrogen and oxygen atoms in total. The molecule has 0 radical (unpaired) electrons. The first-order valence-electron chi connectivity index (χ1n) is 6.26. The number of halogens is 1. The molecule has 0 N–H and O–H groups in total. The molecular weight excluding hydrogens is 315 g/mol. The Hall–Kier alpha value is 0.160. The second kappa shape index (κ2) is 3.83. The van der Waals surface area contributed by atoms with Crippen molar-refractivity contribution in [2.24, 2.45) is 10.6 Å². The molecule has 90 valence electrons. The third-order valence-corrected chi connectivity index (χ3v) is 6.22. The topological polar surface area (TPSA) is 24.8 Å². The van der Waals surface area contributed by atoms with Gasteiger partial charge in [-0.3, -0.25) is 4.90 Å². The molecule has 3 fully saturated rings. The summed E-state index contributed by atoms with van der Waals surface area (Å²) in [5.41, 5.74) is 1.68. The fraction of sp³-hybridized carbons (Fsp3) is 0.917. The summed E-state index contributed by atoms with van der Waals surface area (Å²) in [6, 6.07) is 0. The summed E-state index contributed by atoms with van der Waals surface area (Å²) in [4.78, 5) is 8.51. The van der Waals surface area contributed by atoms with Crippen LogP contribution < -0.4 is 0 Å². The minimum absolute atomic E-state index is 0.0238. The largest absolute Gasteiger partial charge is 0.387 e. The van der Waals surface area contributed by atoms with Gasteiger partial charge in [0.1, 0.15) is 0 Å². The summed E-state index contributed by atoms with van der Waals surface area (Å²) < 4.78 is 1.21. The number of oxime groups is 1. The van der Waals surface area contributed by atoms with Crippen molar-refractivity contribution in [2.45, 2.75) is 38.2 Å². The number of alkyl halides is 1. The minimum atomic E-state index is 0.0238. The second-order valence-corrected chi connectivity index (χ2v) is 6.23. The van der Waals surface area contributed by atoms with Crippen molar-refractivity contribution in [3.8, 4) is 0 Å². The highest BCUT2D eigenvalue weighted by molar-refractivity contribution is 14.1. The van der Waals surface area contributed by atoms with Crippen LogP contribution in [0.15, 0.2) is 5.16 Å². The first kappa shape index (κ1) is 11.3. The maximum Gasteiger partial charge on any atom is 0.161 e. The van der Waals surface area contributed by atoms with E-state index in [1.165, 1.54) is 36.1 Å². The van der Waals surface area contributed by atoms with Gasteiger partial charge in [-0.1, -0.05) is 34.7 Å². The maximum atomic E-state index is 5.95. The Labute approximate surface area is 111 Å². The zero-order chi connectivity index (χ0) is 11.2. The van der Waals surface area contributed by atoms with Gasteiger partial charge in [0.15, 0.2) is 5.60 Å². The highest BCUT2D eigenvalue weighted by Gasteiger charge is 2.61. The zero-order valence-electron chi connectivity index (χ0n) is 9.84. The van der Waals surface area contributed by atoms with Crippen LogP contribution in [0.4, 0.5) is 0 Å². The lowest BCUT2D eigenvalue weighted by Crippen LogP contribution is -2.66. The Balaban J connectivity index is 1.90. The van der Waals surface area contributed by atoms with Crippen molar-refractivity contribution >= 4 is 28.3 Å². The normalized spacial score (nSPS) is 45.9. The molecule has 16 heavy (non-hydrogen) atoms. The van der Waals surface area contributed by atoms with Crippen LogP contribution in [0, 0.1) is 5.41 Å². The SMILES string of the molecule is CCC1=NOC2(C1)CN1CCC2(CI)CC1. The van der Waals surface area contributed by atoms with Crippen molar-refractivity contribution in [3.63, 3.8) is 0 Å². The summed E-state index contributed by atoms with van der Waals surface area (Å²) in [6.45, 7) is 5.80. The highest BCUT2D eigenvalue weighted by Crippen LogP contribution is 2.53. The lowest BCUT2D eigenvalue weighted by molar-refractivity contribution is -0.180. The summed E-state index contributed by atoms with van der Waals surface area (Å²) in [5.74, 6) is 0. The summed E-state index contributed by atoms with van der Waals surface area (Å²) >= 11 is 2.55. The van der Waals surface area contributed by atoms with Crippen LogP contribution in [-0.2, 0) is 4.84 Å². The quantitative estimate of drug-likeness (QED) is 0.572. The predicted octanol–water partition coefficient (Wildman–Crippen LogP) is 2.44. The van der Waals surface area contributed by atoms with Crippen LogP contribution in [0.1, 0.15) is 32.6 Å². The molecule has 1 spiro atoms. The van der Waals surface area contributed by atoms with Gasteiger partial charge in [0, 0.05) is 22.8 Å². The first-order valence-corrected chi connectivity index (χ1v) is 7.78. The Bertz CT molecular complexity index is 323. The molecule has 0 saturated carbocycles. The molecule has 0 aromatic carbocycles. The molecule has 4 aliphatic rings. The number of piperidine rings is 3. The van der Waals surface area contributed by atoms with Gasteiger partial charge in [0.25, 0.3) is 0 Å². The summed E-state index contributed by atoms with van der Waals surface area (Å²) in [7, 11) is 0. The highest BCUT2D eigenvalue weighted by atomic mass is 127. The first-order chi connectivity index (χ1) is 7.74. The van der Waals surface area contributed by atoms with E-state index in [0.717, 1.165) is 19.4 Å². The number of fused-ring (bicyclic) bond motifs is 2. The number of rotatable bonds is 2. The molecular formula is C12H19IN2O. The molecule has 0 aromatic rings. The molecule has 4 aliphatic heterocycles. The van der Waals surface area contributed by atoms with Crippen molar-refractivity contribution in [1.29, 1.82) is 0 Å². The molecule has 1 unspecified atom stereocenters. The minimum Gasteiger partial charge on any atom is -0.387 e. The molecule has 1 atom stereocenters. The van der Waals surface area contributed by atoms with Gasteiger partial charge in [-0.25, -0.2) is 0 Å². The predicted molar refractivity (Wildman–Crippen MR) is 73.2 cm³/mol. The third-order valence-electron chi connectivity index (χ3n) is 4.76. The molecule has 0 aromatic heterocycles. The van der Waals surface area contributed by atoms with E-state index in [0.29, 0.717) is 5.41 Å². The van der Waals surface area contributed by atoms with Crippen LogP contribution in [0.2, 0.25) is 0 Å². The molecule has 4 heterocycles. The van der Waals surface area contributed by atoms with Gasteiger partial charge in [0.05, 0.1) is 5.71 Å². The van der Waals surface area contributed by atoms with Crippen LogP contribution in [0.3, 0.4) is 0 Å². The van der Waals surface area contributed by atoms with Crippen LogP contribution in [0.5, 0.6) is 0 Å². The summed E-state index contributed by atoms with van der Waals surface area (Å²) in [5, 5.41) is 4.33. The van der Waals surface area contributed by atoms with E-state index in [9.17, 15) is 0 Å². The van der Waals surface area contributed by atoms with Crippen LogP contribution >= 0.6 is 22.6 Å². The van der Waals surface area contributed by atoms with Crippen LogP contribution in [0.25, 0.3) is 0 Å². The standard InChI is InChI=1S/C12H19IN2O/c1-2-10-7-12(16-14-10)9-15-5-3-11(12,8-13)4-6-15/h2-9H2,1H3. The van der Waals surface area contributed by atoms with Gasteiger partial charge >= 0.3 is 0 Å². The van der Waals surface area contributed by atoms with E-state index in [4.69, 9.17) is 4.84 Å². The molecule has 4 heteroatoms. The Kier molecular flexibility index (Phi) is 2.70. The van der Waals surface area contributed by atoms with Gasteiger partial charge in [0.2, 0.25) is 0 Å². The van der Waals surface area contributed by atoms with E-state index < -0.39 is 0 Å². The Morgan fingerprint density at radius 3 is 2.75 bits per heavy atom. The van der Waals surface area contributed by atoms with Gasteiger partial charge in [-0.2, -0.15) is 0 Å². The van der Waals surface area contributed by atoms with E-state index in [-0.39, 0.29) is 5.60 Å². The fourth-order valence-corrected chi connectivity index (χ4v) is 4.94. The molecule has 2 bridgehead atoms. The lowest BCUT2D eigenvalue weighted by atomic mass is 9.61. The third kappa shape index (κ3) is 1.38. The van der Waals surface area contributed by atoms with Crippen molar-refractivity contribution in [1.82, 2.24) is 4.90 Å². The number of hydrogen-bond donors (Lipinski definition) is 0. The molecule has 3 saturated heterocycles. The van der Waals surface area contributed by atoms with Crippen molar-refractivity contribution in [2.75, 3.05) is 24.1 Å². The van der Waals surface area contributed by atoms with Crippen molar-refractivity contribution < 1.29 is 4.84 Å². The smallest absolute Gasteiger partial charge is 0.161 e. The molecule has 4 rings (SSSR count).